The lowest BCUT2D eigenvalue weighted by molar-refractivity contribution is 0.229. The predicted molar refractivity (Wildman–Crippen MR) is 79.2 cm³/mol. The molecule has 1 saturated carbocycles. The summed E-state index contributed by atoms with van der Waals surface area (Å²) in [6, 6.07) is 6.83. The standard InChI is InChI=1S/C16H21N3/c1-16(2)7-3-4-13(11-16)19-12-5-6-14-15(10-12)18-9-8-17-14/h5-6,8-10,13,19H,3-4,7,11H2,1-2H3. The third-order valence-corrected chi connectivity index (χ3v) is 4.05. The minimum absolute atomic E-state index is 0.465. The van der Waals surface area contributed by atoms with Crippen LogP contribution in [0.3, 0.4) is 0 Å². The molecule has 2 aromatic rings. The van der Waals surface area contributed by atoms with E-state index in [1.165, 1.54) is 25.7 Å². The van der Waals surface area contributed by atoms with Crippen molar-refractivity contribution in [1.29, 1.82) is 0 Å². The lowest BCUT2D eigenvalue weighted by Crippen LogP contribution is -2.31. The summed E-state index contributed by atoms with van der Waals surface area (Å²) in [6.45, 7) is 4.74. The van der Waals surface area contributed by atoms with Gasteiger partial charge >= 0.3 is 0 Å². The van der Waals surface area contributed by atoms with Crippen LogP contribution in [0.15, 0.2) is 30.6 Å². The summed E-state index contributed by atoms with van der Waals surface area (Å²) >= 11 is 0. The Morgan fingerprint density at radius 3 is 2.74 bits per heavy atom. The maximum absolute atomic E-state index is 4.36. The summed E-state index contributed by atoms with van der Waals surface area (Å²) in [7, 11) is 0. The van der Waals surface area contributed by atoms with Gasteiger partial charge in [0.25, 0.3) is 0 Å². The summed E-state index contributed by atoms with van der Waals surface area (Å²) in [5, 5.41) is 3.66. The van der Waals surface area contributed by atoms with Crippen molar-refractivity contribution in [3.05, 3.63) is 30.6 Å². The van der Waals surface area contributed by atoms with Crippen LogP contribution in [0.1, 0.15) is 39.5 Å². The number of benzene rings is 1. The highest BCUT2D eigenvalue weighted by Crippen LogP contribution is 2.36. The van der Waals surface area contributed by atoms with Crippen molar-refractivity contribution in [2.24, 2.45) is 5.41 Å². The highest BCUT2D eigenvalue weighted by molar-refractivity contribution is 5.78. The maximum atomic E-state index is 4.36. The van der Waals surface area contributed by atoms with E-state index in [1.54, 1.807) is 12.4 Å². The zero-order chi connectivity index (χ0) is 13.3. The first-order chi connectivity index (χ1) is 9.12. The van der Waals surface area contributed by atoms with Gasteiger partial charge in [-0.05, 0) is 42.9 Å². The van der Waals surface area contributed by atoms with Gasteiger partial charge in [0.1, 0.15) is 0 Å². The largest absolute Gasteiger partial charge is 0.382 e. The van der Waals surface area contributed by atoms with Crippen molar-refractivity contribution < 1.29 is 0 Å². The Balaban J connectivity index is 1.77. The molecule has 1 aliphatic rings. The molecule has 3 heteroatoms. The van der Waals surface area contributed by atoms with Crippen LogP contribution in [0.2, 0.25) is 0 Å². The SMILES string of the molecule is CC1(C)CCCC(Nc2ccc3nccnc3c2)C1. The van der Waals surface area contributed by atoms with Crippen molar-refractivity contribution in [1.82, 2.24) is 9.97 Å². The number of nitrogens with zero attached hydrogens (tertiary/aromatic N) is 2. The summed E-state index contributed by atoms with van der Waals surface area (Å²) in [5.74, 6) is 0. The summed E-state index contributed by atoms with van der Waals surface area (Å²) in [5.41, 5.74) is 3.54. The molecule has 1 unspecified atom stereocenters. The molecule has 1 aromatic carbocycles. The second-order valence-electron chi connectivity index (χ2n) is 6.36. The molecular weight excluding hydrogens is 234 g/mol. The molecule has 0 aliphatic heterocycles. The van der Waals surface area contributed by atoms with Crippen molar-refractivity contribution >= 4 is 16.7 Å². The number of anilines is 1. The highest BCUT2D eigenvalue weighted by Gasteiger charge is 2.27. The van der Waals surface area contributed by atoms with E-state index in [0.717, 1.165) is 16.7 Å². The molecule has 1 fully saturated rings. The third kappa shape index (κ3) is 2.86. The highest BCUT2D eigenvalue weighted by atomic mass is 14.9. The normalized spacial score (nSPS) is 22.3. The molecule has 1 heterocycles. The Kier molecular flexibility index (Phi) is 3.13. The fourth-order valence-corrected chi connectivity index (χ4v) is 3.11. The number of hydrogen-bond acceptors (Lipinski definition) is 3. The Labute approximate surface area is 114 Å². The van der Waals surface area contributed by atoms with Gasteiger partial charge in [0.15, 0.2) is 0 Å². The molecular formula is C16H21N3. The molecule has 0 amide bonds. The first kappa shape index (κ1) is 12.4. The molecule has 1 aliphatic carbocycles. The van der Waals surface area contributed by atoms with Crippen LogP contribution in [0.4, 0.5) is 5.69 Å². The molecule has 100 valence electrons. The number of nitrogens with one attached hydrogen (secondary N) is 1. The first-order valence-corrected chi connectivity index (χ1v) is 7.10. The average Bonchev–Trinajstić information content (AvgIpc) is 2.37. The van der Waals surface area contributed by atoms with E-state index in [-0.39, 0.29) is 0 Å². The third-order valence-electron chi connectivity index (χ3n) is 4.05. The van der Waals surface area contributed by atoms with E-state index in [1.807, 2.05) is 6.07 Å². The lowest BCUT2D eigenvalue weighted by Gasteiger charge is -2.36. The number of hydrogen-bond donors (Lipinski definition) is 1. The number of fused-ring (bicyclic) bond motifs is 1. The topological polar surface area (TPSA) is 37.8 Å². The van der Waals surface area contributed by atoms with Gasteiger partial charge in [-0.25, -0.2) is 0 Å². The monoisotopic (exact) mass is 255 g/mol. The molecule has 0 spiro atoms. The van der Waals surface area contributed by atoms with Gasteiger partial charge in [-0.1, -0.05) is 20.3 Å². The Hall–Kier alpha value is -1.64. The summed E-state index contributed by atoms with van der Waals surface area (Å²) in [6.07, 6.45) is 8.65. The molecule has 19 heavy (non-hydrogen) atoms. The second kappa shape index (κ2) is 4.80. The maximum Gasteiger partial charge on any atom is 0.0907 e. The molecule has 0 bridgehead atoms. The summed E-state index contributed by atoms with van der Waals surface area (Å²) < 4.78 is 0. The van der Waals surface area contributed by atoms with Crippen LogP contribution in [0, 0.1) is 5.41 Å². The van der Waals surface area contributed by atoms with Crippen LogP contribution in [-0.4, -0.2) is 16.0 Å². The van der Waals surface area contributed by atoms with E-state index in [4.69, 9.17) is 0 Å². The quantitative estimate of drug-likeness (QED) is 0.881. The van der Waals surface area contributed by atoms with Crippen molar-refractivity contribution in [2.45, 2.75) is 45.6 Å². The van der Waals surface area contributed by atoms with Crippen LogP contribution in [0.25, 0.3) is 11.0 Å². The second-order valence-corrected chi connectivity index (χ2v) is 6.36. The van der Waals surface area contributed by atoms with Crippen LogP contribution < -0.4 is 5.32 Å². The van der Waals surface area contributed by atoms with Gasteiger partial charge in [0.05, 0.1) is 11.0 Å². The van der Waals surface area contributed by atoms with E-state index in [2.05, 4.69) is 41.3 Å². The average molecular weight is 255 g/mol. The van der Waals surface area contributed by atoms with E-state index < -0.39 is 0 Å². The van der Waals surface area contributed by atoms with E-state index in [0.29, 0.717) is 11.5 Å². The lowest BCUT2D eigenvalue weighted by atomic mass is 9.75. The molecule has 3 nitrogen and oxygen atoms in total. The molecule has 0 saturated heterocycles. The Bertz CT molecular complexity index is 577. The number of rotatable bonds is 2. The van der Waals surface area contributed by atoms with Gasteiger partial charge in [-0.15, -0.1) is 0 Å². The predicted octanol–water partition coefficient (Wildman–Crippen LogP) is 4.01. The Morgan fingerprint density at radius 2 is 1.95 bits per heavy atom. The van der Waals surface area contributed by atoms with Gasteiger partial charge in [0, 0.05) is 24.1 Å². The first-order valence-electron chi connectivity index (χ1n) is 7.10. The van der Waals surface area contributed by atoms with E-state index in [9.17, 15) is 0 Å². The molecule has 1 atom stereocenters. The minimum atomic E-state index is 0.465. The van der Waals surface area contributed by atoms with Gasteiger partial charge < -0.3 is 5.32 Å². The van der Waals surface area contributed by atoms with Crippen molar-refractivity contribution in [3.8, 4) is 0 Å². The molecule has 1 N–H and O–H groups in total. The number of aromatic nitrogens is 2. The van der Waals surface area contributed by atoms with E-state index >= 15 is 0 Å². The summed E-state index contributed by atoms with van der Waals surface area (Å²) in [4.78, 5) is 8.66. The zero-order valence-corrected chi connectivity index (χ0v) is 11.7. The fraction of sp³-hybridized carbons (Fsp3) is 0.500. The minimum Gasteiger partial charge on any atom is -0.382 e. The van der Waals surface area contributed by atoms with Crippen LogP contribution >= 0.6 is 0 Å². The van der Waals surface area contributed by atoms with Crippen molar-refractivity contribution in [3.63, 3.8) is 0 Å². The van der Waals surface area contributed by atoms with Crippen molar-refractivity contribution in [2.75, 3.05) is 5.32 Å². The van der Waals surface area contributed by atoms with Crippen LogP contribution in [-0.2, 0) is 0 Å². The van der Waals surface area contributed by atoms with Gasteiger partial charge in [0.2, 0.25) is 0 Å². The molecule has 1 aromatic heterocycles. The van der Waals surface area contributed by atoms with Gasteiger partial charge in [-0.3, -0.25) is 9.97 Å². The fourth-order valence-electron chi connectivity index (χ4n) is 3.11. The smallest absolute Gasteiger partial charge is 0.0907 e. The van der Waals surface area contributed by atoms with Gasteiger partial charge in [-0.2, -0.15) is 0 Å². The Morgan fingerprint density at radius 1 is 1.16 bits per heavy atom. The molecule has 0 radical (unpaired) electrons. The zero-order valence-electron chi connectivity index (χ0n) is 11.7. The van der Waals surface area contributed by atoms with Crippen LogP contribution in [0.5, 0.6) is 0 Å². The molecule has 3 rings (SSSR count).